The predicted octanol–water partition coefficient (Wildman–Crippen LogP) is 3.02. The maximum absolute atomic E-state index is 11.6. The standard InChI is InChI=1S/C14H19NO3/c1-4-18-14(17)15-12-7-5-11(6-8-12)9-13(16)10(2)3/h5-8,10H,4,9H2,1-3H3,(H,15,17). The van der Waals surface area contributed by atoms with Crippen molar-refractivity contribution >= 4 is 17.6 Å². The van der Waals surface area contributed by atoms with Crippen molar-refractivity contribution in [3.05, 3.63) is 29.8 Å². The average molecular weight is 249 g/mol. The van der Waals surface area contributed by atoms with Crippen molar-refractivity contribution in [3.8, 4) is 0 Å². The molecule has 4 heteroatoms. The molecular weight excluding hydrogens is 230 g/mol. The lowest BCUT2D eigenvalue weighted by molar-refractivity contribution is -0.121. The van der Waals surface area contributed by atoms with Gasteiger partial charge in [-0.3, -0.25) is 10.1 Å². The molecule has 4 nitrogen and oxygen atoms in total. The van der Waals surface area contributed by atoms with Gasteiger partial charge in [0.25, 0.3) is 0 Å². The first-order valence-corrected chi connectivity index (χ1v) is 6.08. The second kappa shape index (κ2) is 6.79. The molecule has 0 bridgehead atoms. The quantitative estimate of drug-likeness (QED) is 0.872. The third-order valence-corrected chi connectivity index (χ3v) is 2.50. The van der Waals surface area contributed by atoms with Crippen LogP contribution in [0.3, 0.4) is 0 Å². The van der Waals surface area contributed by atoms with Gasteiger partial charge in [0.05, 0.1) is 6.61 Å². The molecule has 98 valence electrons. The predicted molar refractivity (Wildman–Crippen MR) is 70.6 cm³/mol. The Morgan fingerprint density at radius 3 is 2.33 bits per heavy atom. The Kier molecular flexibility index (Phi) is 5.36. The summed E-state index contributed by atoms with van der Waals surface area (Å²) in [7, 11) is 0. The summed E-state index contributed by atoms with van der Waals surface area (Å²) in [4.78, 5) is 22.7. The van der Waals surface area contributed by atoms with Gasteiger partial charge in [-0.25, -0.2) is 4.79 Å². The van der Waals surface area contributed by atoms with Crippen LogP contribution in [-0.2, 0) is 16.0 Å². The van der Waals surface area contributed by atoms with Crippen molar-refractivity contribution in [1.29, 1.82) is 0 Å². The molecular formula is C14H19NO3. The molecule has 1 aromatic carbocycles. The summed E-state index contributed by atoms with van der Waals surface area (Å²) in [5.74, 6) is 0.253. The van der Waals surface area contributed by atoms with E-state index in [0.717, 1.165) is 5.56 Å². The number of amides is 1. The molecule has 0 saturated carbocycles. The lowest BCUT2D eigenvalue weighted by Crippen LogP contribution is -2.13. The highest BCUT2D eigenvalue weighted by Gasteiger charge is 2.08. The van der Waals surface area contributed by atoms with Gasteiger partial charge in [-0.05, 0) is 24.6 Å². The number of anilines is 1. The minimum absolute atomic E-state index is 0.0438. The van der Waals surface area contributed by atoms with Gasteiger partial charge in [0.1, 0.15) is 5.78 Å². The van der Waals surface area contributed by atoms with Gasteiger partial charge in [0.2, 0.25) is 0 Å². The Bertz CT molecular complexity index is 410. The fourth-order valence-corrected chi connectivity index (χ4v) is 1.40. The summed E-state index contributed by atoms with van der Waals surface area (Å²) >= 11 is 0. The molecule has 1 amide bonds. The topological polar surface area (TPSA) is 55.4 Å². The molecule has 0 spiro atoms. The number of Topliss-reactive ketones (excluding diaryl/α,β-unsaturated/α-hetero) is 1. The molecule has 0 aliphatic carbocycles. The van der Waals surface area contributed by atoms with E-state index in [1.807, 2.05) is 26.0 Å². The summed E-state index contributed by atoms with van der Waals surface area (Å²) in [6.45, 7) is 5.87. The Morgan fingerprint density at radius 1 is 1.22 bits per heavy atom. The zero-order valence-electron chi connectivity index (χ0n) is 11.0. The number of benzene rings is 1. The van der Waals surface area contributed by atoms with E-state index >= 15 is 0 Å². The molecule has 0 unspecified atom stereocenters. The van der Waals surface area contributed by atoms with Crippen molar-refractivity contribution < 1.29 is 14.3 Å². The summed E-state index contributed by atoms with van der Waals surface area (Å²) in [5, 5.41) is 2.60. The lowest BCUT2D eigenvalue weighted by atomic mass is 10.0. The van der Waals surface area contributed by atoms with Crippen LogP contribution in [0.25, 0.3) is 0 Å². The van der Waals surface area contributed by atoms with Crippen LogP contribution in [0.4, 0.5) is 10.5 Å². The van der Waals surface area contributed by atoms with E-state index in [2.05, 4.69) is 5.32 Å². The summed E-state index contributed by atoms with van der Waals surface area (Å²) < 4.78 is 4.77. The first-order chi connectivity index (χ1) is 8.52. The van der Waals surface area contributed by atoms with Crippen LogP contribution in [0.5, 0.6) is 0 Å². The zero-order valence-corrected chi connectivity index (χ0v) is 11.0. The van der Waals surface area contributed by atoms with Gasteiger partial charge in [0.15, 0.2) is 0 Å². The Morgan fingerprint density at radius 2 is 1.83 bits per heavy atom. The second-order valence-corrected chi connectivity index (χ2v) is 4.34. The molecule has 0 radical (unpaired) electrons. The minimum Gasteiger partial charge on any atom is -0.450 e. The fourth-order valence-electron chi connectivity index (χ4n) is 1.40. The van der Waals surface area contributed by atoms with Gasteiger partial charge >= 0.3 is 6.09 Å². The molecule has 0 saturated heterocycles. The molecule has 0 aliphatic heterocycles. The molecule has 1 rings (SSSR count). The number of ether oxygens (including phenoxy) is 1. The van der Waals surface area contributed by atoms with Crippen LogP contribution < -0.4 is 5.32 Å². The van der Waals surface area contributed by atoms with Crippen LogP contribution in [-0.4, -0.2) is 18.5 Å². The van der Waals surface area contributed by atoms with Crippen LogP contribution in [0.2, 0.25) is 0 Å². The molecule has 18 heavy (non-hydrogen) atoms. The van der Waals surface area contributed by atoms with Crippen molar-refractivity contribution in [2.24, 2.45) is 5.92 Å². The maximum atomic E-state index is 11.6. The van der Waals surface area contributed by atoms with Crippen LogP contribution in [0.1, 0.15) is 26.3 Å². The number of nitrogens with one attached hydrogen (secondary N) is 1. The third kappa shape index (κ3) is 4.57. The number of rotatable bonds is 5. The first kappa shape index (κ1) is 14.2. The second-order valence-electron chi connectivity index (χ2n) is 4.34. The minimum atomic E-state index is -0.469. The SMILES string of the molecule is CCOC(=O)Nc1ccc(CC(=O)C(C)C)cc1. The molecule has 0 aliphatic rings. The zero-order chi connectivity index (χ0) is 13.5. The highest BCUT2D eigenvalue weighted by Crippen LogP contribution is 2.12. The molecule has 1 aromatic rings. The Hall–Kier alpha value is -1.84. The van der Waals surface area contributed by atoms with E-state index in [1.54, 1.807) is 19.1 Å². The van der Waals surface area contributed by atoms with Gasteiger partial charge in [-0.15, -0.1) is 0 Å². The smallest absolute Gasteiger partial charge is 0.411 e. The van der Waals surface area contributed by atoms with E-state index in [-0.39, 0.29) is 11.7 Å². The van der Waals surface area contributed by atoms with Gasteiger partial charge in [-0.1, -0.05) is 26.0 Å². The Balaban J connectivity index is 2.57. The summed E-state index contributed by atoms with van der Waals surface area (Å²) in [5.41, 5.74) is 1.61. The fraction of sp³-hybridized carbons (Fsp3) is 0.429. The van der Waals surface area contributed by atoms with Crippen molar-refractivity contribution in [2.45, 2.75) is 27.2 Å². The number of hydrogen-bond donors (Lipinski definition) is 1. The number of ketones is 1. The van der Waals surface area contributed by atoms with E-state index in [9.17, 15) is 9.59 Å². The van der Waals surface area contributed by atoms with Gasteiger partial charge in [0, 0.05) is 18.0 Å². The monoisotopic (exact) mass is 249 g/mol. The van der Waals surface area contributed by atoms with Gasteiger partial charge < -0.3 is 4.74 Å². The lowest BCUT2D eigenvalue weighted by Gasteiger charge is -2.07. The van der Waals surface area contributed by atoms with E-state index < -0.39 is 6.09 Å². The van der Waals surface area contributed by atoms with Crippen molar-refractivity contribution in [2.75, 3.05) is 11.9 Å². The van der Waals surface area contributed by atoms with Gasteiger partial charge in [-0.2, -0.15) is 0 Å². The van der Waals surface area contributed by atoms with Crippen molar-refractivity contribution in [3.63, 3.8) is 0 Å². The molecule has 0 atom stereocenters. The van der Waals surface area contributed by atoms with Crippen LogP contribution in [0, 0.1) is 5.92 Å². The van der Waals surface area contributed by atoms with Crippen LogP contribution in [0.15, 0.2) is 24.3 Å². The molecule has 1 N–H and O–H groups in total. The number of hydrogen-bond acceptors (Lipinski definition) is 3. The average Bonchev–Trinajstić information content (AvgIpc) is 2.31. The largest absolute Gasteiger partial charge is 0.450 e. The molecule has 0 heterocycles. The number of carbonyl (C=O) groups is 2. The van der Waals surface area contributed by atoms with E-state index in [4.69, 9.17) is 4.74 Å². The highest BCUT2D eigenvalue weighted by atomic mass is 16.5. The normalized spacial score (nSPS) is 10.2. The summed E-state index contributed by atoms with van der Waals surface area (Å²) in [6.07, 6.45) is -0.0410. The molecule has 0 aromatic heterocycles. The van der Waals surface area contributed by atoms with E-state index in [1.165, 1.54) is 0 Å². The Labute approximate surface area is 107 Å². The summed E-state index contributed by atoms with van der Waals surface area (Å²) in [6, 6.07) is 7.20. The van der Waals surface area contributed by atoms with Crippen LogP contribution >= 0.6 is 0 Å². The maximum Gasteiger partial charge on any atom is 0.411 e. The molecule has 0 fully saturated rings. The first-order valence-electron chi connectivity index (χ1n) is 6.08. The highest BCUT2D eigenvalue weighted by molar-refractivity contribution is 5.85. The van der Waals surface area contributed by atoms with Crippen molar-refractivity contribution in [1.82, 2.24) is 0 Å². The number of carbonyl (C=O) groups excluding carboxylic acids is 2. The third-order valence-electron chi connectivity index (χ3n) is 2.50. The van der Waals surface area contributed by atoms with E-state index in [0.29, 0.717) is 18.7 Å².